The smallest absolute Gasteiger partial charge is 0.412 e. The van der Waals surface area contributed by atoms with E-state index in [-0.39, 0.29) is 69.3 Å². The number of carbonyl (C=O) groups excluding carboxylic acids is 1. The molecule has 5 heterocycles. The zero-order chi connectivity index (χ0) is 31.3. The van der Waals surface area contributed by atoms with Gasteiger partial charge in [0, 0.05) is 47.7 Å². The zero-order valence-corrected chi connectivity index (χ0v) is 25.4. The number of thiophene rings is 1. The maximum Gasteiger partial charge on any atom is 0.412 e. The molecule has 1 aromatic carbocycles. The molecule has 0 unspecified atom stereocenters. The van der Waals surface area contributed by atoms with Crippen molar-refractivity contribution in [3.8, 4) is 17.3 Å². The molecule has 2 aliphatic heterocycles. The fourth-order valence-electron chi connectivity index (χ4n) is 5.88. The van der Waals surface area contributed by atoms with Crippen molar-refractivity contribution in [3.05, 3.63) is 40.7 Å². The molecule has 1 amide bonds. The molecule has 1 fully saturated rings. The molecule has 0 aliphatic carbocycles. The Morgan fingerprint density at radius 2 is 2.05 bits per heavy atom. The number of nitrogens with zero attached hydrogens (tertiary/aromatic N) is 5. The summed E-state index contributed by atoms with van der Waals surface area (Å²) in [5.41, 5.74) is 0.538. The van der Waals surface area contributed by atoms with Gasteiger partial charge in [0.15, 0.2) is 11.6 Å². The molecule has 6 rings (SSSR count). The van der Waals surface area contributed by atoms with Crippen molar-refractivity contribution >= 4 is 49.4 Å². The SMILES string of the molecule is C[C@H]1[C@@H](NCCO)CCN1c1ncc2c3c(c(-c4ncc(F)c5sc(NC(=O)OC(C)(C)C)c(C#N)c45)c(F)c2n1)COC3. The molecule has 2 aliphatic rings. The van der Waals surface area contributed by atoms with E-state index in [0.29, 0.717) is 35.6 Å². The van der Waals surface area contributed by atoms with E-state index in [9.17, 15) is 15.2 Å². The molecular formula is C30H31F2N7O4S. The molecule has 4 aromatic rings. The van der Waals surface area contributed by atoms with Crippen LogP contribution in [0, 0.1) is 23.0 Å². The maximum absolute atomic E-state index is 16.8. The Labute approximate surface area is 255 Å². The highest BCUT2D eigenvalue weighted by atomic mass is 32.1. The van der Waals surface area contributed by atoms with E-state index < -0.39 is 23.3 Å². The Morgan fingerprint density at radius 1 is 1.27 bits per heavy atom. The van der Waals surface area contributed by atoms with E-state index in [0.717, 1.165) is 24.0 Å². The van der Waals surface area contributed by atoms with Crippen LogP contribution in [-0.2, 0) is 22.7 Å². The number of nitriles is 1. The lowest BCUT2D eigenvalue weighted by Crippen LogP contribution is -2.42. The standard InChI is InChI=1S/C30H31F2N7O4S/c1-14-20(34-6-8-40)5-7-39(14)28-36-10-16-17-12-42-13-18(17)21(23(32)24(16)37-28)25-22-15(9-33)27(38-29(41)43-30(2,3)4)44-26(22)19(31)11-35-25/h10-11,14,20,34,40H,5-8,12-13H2,1-4H3,(H,38,41)/t14-,20-/m0/s1. The first kappa shape index (κ1) is 30.0. The number of anilines is 2. The second-order valence-electron chi connectivity index (χ2n) is 11.8. The molecule has 2 atom stereocenters. The first-order valence-electron chi connectivity index (χ1n) is 14.2. The molecule has 11 nitrogen and oxygen atoms in total. The van der Waals surface area contributed by atoms with Crippen LogP contribution < -0.4 is 15.5 Å². The summed E-state index contributed by atoms with van der Waals surface area (Å²) in [5.74, 6) is -1.04. The van der Waals surface area contributed by atoms with Gasteiger partial charge in [0.2, 0.25) is 5.95 Å². The van der Waals surface area contributed by atoms with Gasteiger partial charge >= 0.3 is 6.09 Å². The van der Waals surface area contributed by atoms with Crippen molar-refractivity contribution in [2.75, 3.05) is 29.9 Å². The summed E-state index contributed by atoms with van der Waals surface area (Å²) in [5, 5.41) is 25.9. The number of fused-ring (bicyclic) bond motifs is 4. The van der Waals surface area contributed by atoms with Crippen molar-refractivity contribution < 1.29 is 28.2 Å². The number of hydrogen-bond acceptors (Lipinski definition) is 11. The van der Waals surface area contributed by atoms with E-state index in [1.807, 2.05) is 17.9 Å². The maximum atomic E-state index is 16.8. The Hall–Kier alpha value is -4.03. The highest BCUT2D eigenvalue weighted by Crippen LogP contribution is 2.46. The Bertz CT molecular complexity index is 1830. The molecule has 230 valence electrons. The van der Waals surface area contributed by atoms with Gasteiger partial charge in [-0.3, -0.25) is 10.3 Å². The third-order valence-electron chi connectivity index (χ3n) is 7.85. The van der Waals surface area contributed by atoms with Crippen LogP contribution in [0.1, 0.15) is 50.8 Å². The van der Waals surface area contributed by atoms with E-state index in [1.165, 1.54) is 0 Å². The number of pyridine rings is 1. The topological polar surface area (TPSA) is 146 Å². The number of ether oxygens (including phenoxy) is 2. The van der Waals surface area contributed by atoms with Gasteiger partial charge in [-0.05, 0) is 45.2 Å². The van der Waals surface area contributed by atoms with Gasteiger partial charge < -0.3 is 24.8 Å². The Balaban J connectivity index is 1.50. The van der Waals surface area contributed by atoms with Gasteiger partial charge in [-0.15, -0.1) is 11.3 Å². The fraction of sp³-hybridized carbons (Fsp3) is 0.433. The lowest BCUT2D eigenvalue weighted by atomic mass is 9.94. The average Bonchev–Trinajstić information content (AvgIpc) is 3.69. The minimum atomic E-state index is -0.809. The van der Waals surface area contributed by atoms with Crippen LogP contribution in [-0.4, -0.2) is 63.5 Å². The van der Waals surface area contributed by atoms with Crippen LogP contribution in [0.3, 0.4) is 0 Å². The lowest BCUT2D eigenvalue weighted by Gasteiger charge is -2.25. The predicted octanol–water partition coefficient (Wildman–Crippen LogP) is 4.98. The minimum absolute atomic E-state index is 0.00225. The van der Waals surface area contributed by atoms with Crippen molar-refractivity contribution in [2.24, 2.45) is 0 Å². The summed E-state index contributed by atoms with van der Waals surface area (Å²) in [6.45, 7) is 8.52. The van der Waals surface area contributed by atoms with Crippen molar-refractivity contribution in [2.45, 2.75) is 65.0 Å². The van der Waals surface area contributed by atoms with E-state index in [2.05, 4.69) is 25.6 Å². The average molecular weight is 624 g/mol. The van der Waals surface area contributed by atoms with Gasteiger partial charge in [-0.1, -0.05) is 0 Å². The first-order chi connectivity index (χ1) is 21.0. The highest BCUT2D eigenvalue weighted by molar-refractivity contribution is 7.23. The number of aliphatic hydroxyl groups is 1. The molecule has 14 heteroatoms. The van der Waals surface area contributed by atoms with E-state index in [1.54, 1.807) is 27.0 Å². The third kappa shape index (κ3) is 5.19. The normalized spacial score (nSPS) is 18.2. The van der Waals surface area contributed by atoms with Crippen LogP contribution >= 0.6 is 11.3 Å². The number of benzene rings is 1. The molecule has 1 saturated heterocycles. The van der Waals surface area contributed by atoms with Crippen molar-refractivity contribution in [3.63, 3.8) is 0 Å². The second-order valence-corrected chi connectivity index (χ2v) is 12.8. The number of aromatic nitrogens is 3. The minimum Gasteiger partial charge on any atom is -0.444 e. The number of carbonyl (C=O) groups is 1. The lowest BCUT2D eigenvalue weighted by molar-refractivity contribution is 0.0636. The summed E-state index contributed by atoms with van der Waals surface area (Å²) >= 11 is 0.849. The molecule has 0 saturated carbocycles. The summed E-state index contributed by atoms with van der Waals surface area (Å²) < 4.78 is 43.0. The third-order valence-corrected chi connectivity index (χ3v) is 8.96. The van der Waals surface area contributed by atoms with Crippen molar-refractivity contribution in [1.29, 1.82) is 5.26 Å². The largest absolute Gasteiger partial charge is 0.444 e. The number of amides is 1. The number of nitrogens with one attached hydrogen (secondary N) is 2. The van der Waals surface area contributed by atoms with Crippen LogP contribution in [0.25, 0.3) is 32.2 Å². The summed E-state index contributed by atoms with van der Waals surface area (Å²) in [7, 11) is 0. The Kier molecular flexibility index (Phi) is 7.83. The zero-order valence-electron chi connectivity index (χ0n) is 24.6. The van der Waals surface area contributed by atoms with Gasteiger partial charge in [0.1, 0.15) is 22.2 Å². The quantitative estimate of drug-likeness (QED) is 0.269. The molecule has 0 spiro atoms. The van der Waals surface area contributed by atoms with Crippen LogP contribution in [0.4, 0.5) is 24.5 Å². The van der Waals surface area contributed by atoms with Gasteiger partial charge in [0.25, 0.3) is 0 Å². The molecule has 3 N–H and O–H groups in total. The summed E-state index contributed by atoms with van der Waals surface area (Å²) in [6.07, 6.45) is 2.58. The molecule has 44 heavy (non-hydrogen) atoms. The fourth-order valence-corrected chi connectivity index (χ4v) is 6.92. The molecule has 3 aromatic heterocycles. The Morgan fingerprint density at radius 3 is 2.77 bits per heavy atom. The monoisotopic (exact) mass is 623 g/mol. The molecule has 0 radical (unpaired) electrons. The summed E-state index contributed by atoms with van der Waals surface area (Å²) in [4.78, 5) is 28.1. The first-order valence-corrected chi connectivity index (χ1v) is 15.0. The predicted molar refractivity (Wildman–Crippen MR) is 161 cm³/mol. The van der Waals surface area contributed by atoms with E-state index in [4.69, 9.17) is 9.47 Å². The molecular weight excluding hydrogens is 592 g/mol. The van der Waals surface area contributed by atoms with Crippen LogP contribution in [0.5, 0.6) is 0 Å². The number of hydrogen-bond donors (Lipinski definition) is 3. The second kappa shape index (κ2) is 11.5. The van der Waals surface area contributed by atoms with E-state index >= 15 is 8.78 Å². The number of halogens is 2. The number of rotatable bonds is 6. The van der Waals surface area contributed by atoms with Crippen molar-refractivity contribution in [1.82, 2.24) is 20.3 Å². The van der Waals surface area contributed by atoms with Gasteiger partial charge in [-0.25, -0.2) is 23.5 Å². The van der Waals surface area contributed by atoms with Crippen LogP contribution in [0.2, 0.25) is 0 Å². The van der Waals surface area contributed by atoms with Gasteiger partial charge in [0.05, 0.1) is 42.0 Å². The van der Waals surface area contributed by atoms with Crippen LogP contribution in [0.15, 0.2) is 12.4 Å². The molecule has 0 bridgehead atoms. The van der Waals surface area contributed by atoms with Gasteiger partial charge in [-0.2, -0.15) is 5.26 Å². The summed E-state index contributed by atoms with van der Waals surface area (Å²) in [6, 6.07) is 2.15. The highest BCUT2D eigenvalue weighted by Gasteiger charge is 2.34. The number of aliphatic hydroxyl groups excluding tert-OH is 1.